The van der Waals surface area contributed by atoms with Crippen LogP contribution < -0.4 is 5.73 Å². The summed E-state index contributed by atoms with van der Waals surface area (Å²) in [6.07, 6.45) is 1.95. The third kappa shape index (κ3) is 5.54. The van der Waals surface area contributed by atoms with E-state index in [4.69, 9.17) is 5.73 Å². The molecule has 0 amide bonds. The highest BCUT2D eigenvalue weighted by atomic mass is 16.6. The van der Waals surface area contributed by atoms with Gasteiger partial charge in [-0.2, -0.15) is 0 Å². The number of rotatable bonds is 4. The van der Waals surface area contributed by atoms with E-state index < -0.39 is 11.9 Å². The van der Waals surface area contributed by atoms with Gasteiger partial charge in [0.15, 0.2) is 0 Å². The van der Waals surface area contributed by atoms with Crippen LogP contribution in [-0.2, 0) is 14.3 Å². The standard InChI is InChI=1S/C7H13NO3/c1-2-3-4-6(9)11-7(10)5-8/h2-5,8H2,1H3. The molecule has 0 aliphatic heterocycles. The Hall–Kier alpha value is -0.900. The molecule has 2 N–H and O–H groups in total. The Labute approximate surface area is 65.7 Å². The van der Waals surface area contributed by atoms with Crippen LogP contribution in [0.2, 0.25) is 0 Å². The molecule has 4 nitrogen and oxygen atoms in total. The lowest BCUT2D eigenvalue weighted by Gasteiger charge is -1.98. The van der Waals surface area contributed by atoms with Crippen LogP contribution in [0.3, 0.4) is 0 Å². The van der Waals surface area contributed by atoms with Crippen molar-refractivity contribution in [3.63, 3.8) is 0 Å². The maximum atomic E-state index is 10.7. The summed E-state index contributed by atoms with van der Waals surface area (Å²) in [5.41, 5.74) is 4.92. The number of unbranched alkanes of at least 4 members (excludes halogenated alkanes) is 1. The van der Waals surface area contributed by atoms with Gasteiger partial charge in [0.1, 0.15) is 0 Å². The summed E-state index contributed by atoms with van der Waals surface area (Å²) in [4.78, 5) is 21.1. The van der Waals surface area contributed by atoms with Gasteiger partial charge in [-0.25, -0.2) is 0 Å². The van der Waals surface area contributed by atoms with E-state index in [2.05, 4.69) is 4.74 Å². The minimum atomic E-state index is -0.661. The molecule has 0 aliphatic carbocycles. The smallest absolute Gasteiger partial charge is 0.327 e. The van der Waals surface area contributed by atoms with Gasteiger partial charge in [-0.1, -0.05) is 13.3 Å². The summed E-state index contributed by atoms with van der Waals surface area (Å²) < 4.78 is 4.30. The second-order valence-corrected chi connectivity index (χ2v) is 2.15. The van der Waals surface area contributed by atoms with Crippen LogP contribution in [0.1, 0.15) is 26.2 Å². The number of nitrogens with two attached hydrogens (primary N) is 1. The molecule has 0 radical (unpaired) electrons. The van der Waals surface area contributed by atoms with Crippen molar-refractivity contribution < 1.29 is 14.3 Å². The topological polar surface area (TPSA) is 69.4 Å². The largest absolute Gasteiger partial charge is 0.392 e. The number of ether oxygens (including phenoxy) is 1. The highest BCUT2D eigenvalue weighted by Crippen LogP contribution is 1.95. The Morgan fingerprint density at radius 1 is 1.36 bits per heavy atom. The number of carbonyl (C=O) groups excluding carboxylic acids is 2. The summed E-state index contributed by atoms with van der Waals surface area (Å²) in [7, 11) is 0. The van der Waals surface area contributed by atoms with E-state index >= 15 is 0 Å². The van der Waals surface area contributed by atoms with Crippen molar-refractivity contribution in [2.24, 2.45) is 5.73 Å². The minimum Gasteiger partial charge on any atom is -0.392 e. The van der Waals surface area contributed by atoms with Gasteiger partial charge < -0.3 is 10.5 Å². The average molecular weight is 159 g/mol. The molecule has 4 heteroatoms. The highest BCUT2D eigenvalue weighted by Gasteiger charge is 2.06. The predicted octanol–water partition coefficient (Wildman–Crippen LogP) is 0.205. The monoisotopic (exact) mass is 159 g/mol. The zero-order chi connectivity index (χ0) is 8.69. The molecule has 0 saturated carbocycles. The van der Waals surface area contributed by atoms with Gasteiger partial charge >= 0.3 is 11.9 Å². The Kier molecular flexibility index (Phi) is 5.37. The van der Waals surface area contributed by atoms with E-state index in [0.717, 1.165) is 12.8 Å². The zero-order valence-corrected chi connectivity index (χ0v) is 6.63. The van der Waals surface area contributed by atoms with Crippen molar-refractivity contribution in [2.45, 2.75) is 26.2 Å². The first-order valence-electron chi connectivity index (χ1n) is 3.64. The fraction of sp³-hybridized carbons (Fsp3) is 0.714. The van der Waals surface area contributed by atoms with Crippen LogP contribution >= 0.6 is 0 Å². The van der Waals surface area contributed by atoms with Crippen LogP contribution in [0, 0.1) is 0 Å². The number of carbonyl (C=O) groups is 2. The lowest BCUT2D eigenvalue weighted by atomic mass is 10.2. The first-order chi connectivity index (χ1) is 5.20. The summed E-state index contributed by atoms with van der Waals surface area (Å²) in [6.45, 7) is 1.72. The maximum absolute atomic E-state index is 10.7. The van der Waals surface area contributed by atoms with Gasteiger partial charge in [0.25, 0.3) is 0 Å². The molecule has 11 heavy (non-hydrogen) atoms. The molecule has 0 bridgehead atoms. The van der Waals surface area contributed by atoms with Crippen molar-refractivity contribution in [2.75, 3.05) is 6.54 Å². The Morgan fingerprint density at radius 2 is 2.00 bits per heavy atom. The SMILES string of the molecule is CCCCC(=O)OC(=O)CN. The first-order valence-corrected chi connectivity index (χ1v) is 3.64. The maximum Gasteiger partial charge on any atom is 0.327 e. The third-order valence-electron chi connectivity index (χ3n) is 1.13. The molecule has 0 atom stereocenters. The van der Waals surface area contributed by atoms with E-state index in [1.54, 1.807) is 0 Å². The van der Waals surface area contributed by atoms with E-state index in [1.165, 1.54) is 0 Å². The van der Waals surface area contributed by atoms with Crippen LogP contribution in [0.5, 0.6) is 0 Å². The second kappa shape index (κ2) is 5.85. The fourth-order valence-corrected chi connectivity index (χ4v) is 0.541. The van der Waals surface area contributed by atoms with Gasteiger partial charge in [-0.05, 0) is 6.42 Å². The number of hydrogen-bond donors (Lipinski definition) is 1. The summed E-state index contributed by atoms with van der Waals surface area (Å²) >= 11 is 0. The van der Waals surface area contributed by atoms with Crippen molar-refractivity contribution >= 4 is 11.9 Å². The van der Waals surface area contributed by atoms with Crippen molar-refractivity contribution in [1.82, 2.24) is 0 Å². The van der Waals surface area contributed by atoms with Gasteiger partial charge in [-0.3, -0.25) is 9.59 Å². The van der Waals surface area contributed by atoms with Gasteiger partial charge in [-0.15, -0.1) is 0 Å². The fourth-order valence-electron chi connectivity index (χ4n) is 0.541. The lowest BCUT2D eigenvalue weighted by molar-refractivity contribution is -0.158. The van der Waals surface area contributed by atoms with Crippen molar-refractivity contribution in [3.8, 4) is 0 Å². The minimum absolute atomic E-state index is 0.238. The Bertz CT molecular complexity index is 145. The molecule has 0 unspecified atom stereocenters. The van der Waals surface area contributed by atoms with Crippen LogP contribution in [0.25, 0.3) is 0 Å². The average Bonchev–Trinajstić information content (AvgIpc) is 2.00. The Balaban J connectivity index is 3.44. The highest BCUT2D eigenvalue weighted by molar-refractivity contribution is 5.86. The van der Waals surface area contributed by atoms with Gasteiger partial charge in [0.05, 0.1) is 6.54 Å². The molecular formula is C7H13NO3. The molecule has 0 aromatic carbocycles. The summed E-state index contributed by atoms with van der Waals surface area (Å²) in [5, 5.41) is 0. The van der Waals surface area contributed by atoms with E-state index in [9.17, 15) is 9.59 Å². The molecule has 0 fully saturated rings. The number of hydrogen-bond acceptors (Lipinski definition) is 4. The normalized spacial score (nSPS) is 9.27. The molecule has 0 rings (SSSR count). The lowest BCUT2D eigenvalue weighted by Crippen LogP contribution is -2.20. The van der Waals surface area contributed by atoms with Crippen LogP contribution in [0.15, 0.2) is 0 Å². The zero-order valence-electron chi connectivity index (χ0n) is 6.63. The van der Waals surface area contributed by atoms with Crippen molar-refractivity contribution in [1.29, 1.82) is 0 Å². The molecule has 0 spiro atoms. The number of esters is 2. The van der Waals surface area contributed by atoms with Crippen LogP contribution in [0.4, 0.5) is 0 Å². The molecule has 0 aliphatic rings. The molecule has 0 aromatic rings. The summed E-state index contributed by atoms with van der Waals surface area (Å²) in [5.74, 6) is -1.14. The quantitative estimate of drug-likeness (QED) is 0.470. The Morgan fingerprint density at radius 3 is 2.45 bits per heavy atom. The molecular weight excluding hydrogens is 146 g/mol. The molecule has 0 saturated heterocycles. The molecule has 0 heterocycles. The second-order valence-electron chi connectivity index (χ2n) is 2.15. The summed E-state index contributed by atoms with van der Waals surface area (Å²) in [6, 6.07) is 0. The van der Waals surface area contributed by atoms with E-state index in [1.807, 2.05) is 6.92 Å². The molecule has 0 aromatic heterocycles. The van der Waals surface area contributed by atoms with Crippen molar-refractivity contribution in [3.05, 3.63) is 0 Å². The van der Waals surface area contributed by atoms with E-state index in [-0.39, 0.29) is 6.54 Å². The third-order valence-corrected chi connectivity index (χ3v) is 1.13. The van der Waals surface area contributed by atoms with Gasteiger partial charge in [0.2, 0.25) is 0 Å². The van der Waals surface area contributed by atoms with E-state index in [0.29, 0.717) is 6.42 Å². The van der Waals surface area contributed by atoms with Gasteiger partial charge in [0, 0.05) is 6.42 Å². The molecule has 64 valence electrons. The van der Waals surface area contributed by atoms with Crippen LogP contribution in [-0.4, -0.2) is 18.5 Å². The predicted molar refractivity (Wildman–Crippen MR) is 39.7 cm³/mol. The first kappa shape index (κ1) is 10.1.